The number of aryl methyl sites for hydroxylation is 1. The van der Waals surface area contributed by atoms with Crippen molar-refractivity contribution in [3.63, 3.8) is 0 Å². The molecular weight excluding hydrogens is 334 g/mol. The molecule has 0 saturated heterocycles. The lowest BCUT2D eigenvalue weighted by Gasteiger charge is -2.23. The van der Waals surface area contributed by atoms with Crippen molar-refractivity contribution >= 4 is 18.3 Å². The monoisotopic (exact) mass is 353 g/mol. The van der Waals surface area contributed by atoms with Gasteiger partial charge in [0.25, 0.3) is 5.91 Å². The Hall–Kier alpha value is -2.59. The molecular formula is C20H20ClN3O. The third-order valence-corrected chi connectivity index (χ3v) is 4.55. The highest BCUT2D eigenvalue weighted by atomic mass is 35.5. The van der Waals surface area contributed by atoms with Gasteiger partial charge in [-0.05, 0) is 36.6 Å². The van der Waals surface area contributed by atoms with E-state index in [4.69, 9.17) is 0 Å². The lowest BCUT2D eigenvalue weighted by atomic mass is 9.96. The molecule has 128 valence electrons. The van der Waals surface area contributed by atoms with Crippen molar-refractivity contribution in [3.8, 4) is 11.3 Å². The van der Waals surface area contributed by atoms with E-state index in [-0.39, 0.29) is 24.4 Å². The Morgan fingerprint density at radius 1 is 1.08 bits per heavy atom. The van der Waals surface area contributed by atoms with Gasteiger partial charge in [0.15, 0.2) is 0 Å². The zero-order valence-electron chi connectivity index (χ0n) is 13.7. The van der Waals surface area contributed by atoms with Crippen LogP contribution in [-0.2, 0) is 12.8 Å². The third-order valence-electron chi connectivity index (χ3n) is 4.55. The Kier molecular flexibility index (Phi) is 5.19. The molecule has 1 amide bonds. The Balaban J connectivity index is 0.00000182. The number of H-pyrrole nitrogens is 1. The number of aromatic nitrogens is 2. The van der Waals surface area contributed by atoms with Crippen molar-refractivity contribution in [2.24, 2.45) is 0 Å². The summed E-state index contributed by atoms with van der Waals surface area (Å²) in [5, 5.41) is 3.14. The zero-order valence-corrected chi connectivity index (χ0v) is 14.6. The van der Waals surface area contributed by atoms with Crippen LogP contribution in [0.5, 0.6) is 0 Å². The number of benzene rings is 1. The Morgan fingerprint density at radius 2 is 1.84 bits per heavy atom. The van der Waals surface area contributed by atoms with Gasteiger partial charge in [-0.3, -0.25) is 9.78 Å². The van der Waals surface area contributed by atoms with Crippen LogP contribution in [0.15, 0.2) is 60.9 Å². The fourth-order valence-electron chi connectivity index (χ4n) is 3.27. The van der Waals surface area contributed by atoms with Crippen molar-refractivity contribution in [1.82, 2.24) is 15.3 Å². The molecule has 4 rings (SSSR count). The van der Waals surface area contributed by atoms with Gasteiger partial charge in [-0.1, -0.05) is 30.3 Å². The number of fused-ring (bicyclic) bond motifs is 1. The molecule has 1 atom stereocenters. The van der Waals surface area contributed by atoms with Crippen LogP contribution in [0.1, 0.15) is 28.0 Å². The number of pyridine rings is 1. The van der Waals surface area contributed by atoms with E-state index in [1.807, 2.05) is 24.3 Å². The van der Waals surface area contributed by atoms with E-state index in [2.05, 4.69) is 39.6 Å². The summed E-state index contributed by atoms with van der Waals surface area (Å²) < 4.78 is 0. The minimum Gasteiger partial charge on any atom is -0.358 e. The molecule has 25 heavy (non-hydrogen) atoms. The zero-order chi connectivity index (χ0) is 16.4. The third kappa shape index (κ3) is 3.74. The van der Waals surface area contributed by atoms with Gasteiger partial charge in [-0.2, -0.15) is 0 Å². The number of amides is 1. The summed E-state index contributed by atoms with van der Waals surface area (Å²) in [5.41, 5.74) is 5.12. The number of nitrogens with one attached hydrogen (secondary N) is 2. The van der Waals surface area contributed by atoms with Crippen molar-refractivity contribution < 1.29 is 4.79 Å². The van der Waals surface area contributed by atoms with Crippen LogP contribution in [0.25, 0.3) is 11.3 Å². The molecule has 0 saturated carbocycles. The lowest BCUT2D eigenvalue weighted by Crippen LogP contribution is -2.41. The Bertz CT molecular complexity index is 846. The smallest absolute Gasteiger partial charge is 0.253 e. The maximum Gasteiger partial charge on any atom is 0.253 e. The number of hydrogen-bond donors (Lipinski definition) is 2. The standard InChI is InChI=1S/C20H19N3O.ClH/c24-20-17-13-18(15-8-10-21-11-9-15)23-19(17)12-16(22-20)7-6-14-4-2-1-3-5-14;/h1-5,8-11,13,16,23H,6-7,12H2,(H,22,24);1H/t16-;/m1./s1. The van der Waals surface area contributed by atoms with E-state index in [1.165, 1.54) is 5.56 Å². The van der Waals surface area contributed by atoms with Crippen LogP contribution in [0.3, 0.4) is 0 Å². The Labute approximate surface area is 153 Å². The van der Waals surface area contributed by atoms with E-state index in [1.54, 1.807) is 12.4 Å². The molecule has 0 fully saturated rings. The molecule has 3 aromatic rings. The highest BCUT2D eigenvalue weighted by Crippen LogP contribution is 2.25. The summed E-state index contributed by atoms with van der Waals surface area (Å²) in [4.78, 5) is 19.9. The number of carbonyl (C=O) groups excluding carboxylic acids is 1. The number of aromatic amines is 1. The lowest BCUT2D eigenvalue weighted by molar-refractivity contribution is 0.0923. The maximum absolute atomic E-state index is 12.4. The quantitative estimate of drug-likeness (QED) is 0.749. The van der Waals surface area contributed by atoms with Gasteiger partial charge in [0, 0.05) is 41.8 Å². The SMILES string of the molecule is Cl.O=C1N[C@H](CCc2ccccc2)Cc2[nH]c(-c3ccncc3)cc21. The van der Waals surface area contributed by atoms with E-state index < -0.39 is 0 Å². The van der Waals surface area contributed by atoms with E-state index in [0.29, 0.717) is 0 Å². The summed E-state index contributed by atoms with van der Waals surface area (Å²) in [6, 6.07) is 16.4. The summed E-state index contributed by atoms with van der Waals surface area (Å²) in [6.07, 6.45) is 6.28. The first-order valence-corrected chi connectivity index (χ1v) is 8.26. The second-order valence-corrected chi connectivity index (χ2v) is 6.21. The van der Waals surface area contributed by atoms with Crippen LogP contribution in [0.2, 0.25) is 0 Å². The highest BCUT2D eigenvalue weighted by molar-refractivity contribution is 5.98. The van der Waals surface area contributed by atoms with Crippen LogP contribution >= 0.6 is 12.4 Å². The largest absolute Gasteiger partial charge is 0.358 e. The molecule has 0 unspecified atom stereocenters. The molecule has 1 aliphatic heterocycles. The molecule has 1 aromatic carbocycles. The molecule has 3 heterocycles. The first-order chi connectivity index (χ1) is 11.8. The first kappa shape index (κ1) is 17.2. The van der Waals surface area contributed by atoms with Gasteiger partial charge in [-0.15, -0.1) is 12.4 Å². The van der Waals surface area contributed by atoms with Crippen molar-refractivity contribution in [2.75, 3.05) is 0 Å². The fraction of sp³-hybridized carbons (Fsp3) is 0.200. The molecule has 4 nitrogen and oxygen atoms in total. The molecule has 1 aliphatic rings. The molecule has 0 aliphatic carbocycles. The van der Waals surface area contributed by atoms with Crippen molar-refractivity contribution in [1.29, 1.82) is 0 Å². The topological polar surface area (TPSA) is 57.8 Å². The first-order valence-electron chi connectivity index (χ1n) is 8.26. The number of halogens is 1. The predicted octanol–water partition coefficient (Wildman–Crippen LogP) is 3.79. The van der Waals surface area contributed by atoms with Gasteiger partial charge in [-0.25, -0.2) is 0 Å². The predicted molar refractivity (Wildman–Crippen MR) is 101 cm³/mol. The summed E-state index contributed by atoms with van der Waals surface area (Å²) in [6.45, 7) is 0. The van der Waals surface area contributed by atoms with Crippen molar-refractivity contribution in [2.45, 2.75) is 25.3 Å². The molecule has 0 bridgehead atoms. The van der Waals surface area contributed by atoms with E-state index in [0.717, 1.165) is 41.8 Å². The van der Waals surface area contributed by atoms with Crippen LogP contribution < -0.4 is 5.32 Å². The van der Waals surface area contributed by atoms with Gasteiger partial charge in [0.1, 0.15) is 0 Å². The van der Waals surface area contributed by atoms with Gasteiger partial charge in [0.2, 0.25) is 0 Å². The minimum atomic E-state index is 0. The molecule has 2 aromatic heterocycles. The van der Waals surface area contributed by atoms with Gasteiger partial charge in [0.05, 0.1) is 5.56 Å². The number of hydrogen-bond acceptors (Lipinski definition) is 2. The van der Waals surface area contributed by atoms with E-state index >= 15 is 0 Å². The van der Waals surface area contributed by atoms with Crippen molar-refractivity contribution in [3.05, 3.63) is 77.7 Å². The summed E-state index contributed by atoms with van der Waals surface area (Å²) in [7, 11) is 0. The van der Waals surface area contributed by atoms with E-state index in [9.17, 15) is 4.79 Å². The summed E-state index contributed by atoms with van der Waals surface area (Å²) >= 11 is 0. The fourth-order valence-corrected chi connectivity index (χ4v) is 3.27. The van der Waals surface area contributed by atoms with Crippen LogP contribution in [0.4, 0.5) is 0 Å². The molecule has 0 spiro atoms. The maximum atomic E-state index is 12.4. The highest BCUT2D eigenvalue weighted by Gasteiger charge is 2.26. The molecule has 5 heteroatoms. The second-order valence-electron chi connectivity index (χ2n) is 6.21. The number of nitrogens with zero attached hydrogens (tertiary/aromatic N) is 1. The average molecular weight is 354 g/mol. The van der Waals surface area contributed by atoms with Crippen LogP contribution in [-0.4, -0.2) is 21.9 Å². The Morgan fingerprint density at radius 3 is 2.60 bits per heavy atom. The number of rotatable bonds is 4. The van der Waals surface area contributed by atoms with Crippen LogP contribution in [0, 0.1) is 0 Å². The van der Waals surface area contributed by atoms with Gasteiger partial charge < -0.3 is 10.3 Å². The number of carbonyl (C=O) groups is 1. The molecule has 0 radical (unpaired) electrons. The minimum absolute atomic E-state index is 0. The average Bonchev–Trinajstić information content (AvgIpc) is 3.06. The van der Waals surface area contributed by atoms with Gasteiger partial charge >= 0.3 is 0 Å². The summed E-state index contributed by atoms with van der Waals surface area (Å²) in [5.74, 6) is 0.0193. The normalized spacial score (nSPS) is 15.8. The molecule has 2 N–H and O–H groups in total. The second kappa shape index (κ2) is 7.53.